The van der Waals surface area contributed by atoms with Crippen molar-refractivity contribution in [1.29, 1.82) is 0 Å². The minimum atomic E-state index is -0.615. The van der Waals surface area contributed by atoms with E-state index < -0.39 is 17.2 Å². The number of nitrogens with zero attached hydrogens (tertiary/aromatic N) is 2. The number of hydrogen-bond acceptors (Lipinski definition) is 3. The first kappa shape index (κ1) is 21.2. The number of carbonyl (C=O) groups is 2. The second-order valence-electron chi connectivity index (χ2n) is 8.61. The molecule has 0 saturated carbocycles. The SMILES string of the molecule is CC[C@@]1(Cc2ccc(F)cc2)C[C@H](C(=O)N(C)C)CN1C(=O)OC(C)(C)C. The lowest BCUT2D eigenvalue weighted by Crippen LogP contribution is -2.50. The highest BCUT2D eigenvalue weighted by atomic mass is 19.1. The van der Waals surface area contributed by atoms with Gasteiger partial charge in [0.2, 0.25) is 5.91 Å². The molecule has 27 heavy (non-hydrogen) atoms. The summed E-state index contributed by atoms with van der Waals surface area (Å²) >= 11 is 0. The van der Waals surface area contributed by atoms with Gasteiger partial charge in [-0.1, -0.05) is 19.1 Å². The maximum absolute atomic E-state index is 13.3. The van der Waals surface area contributed by atoms with E-state index in [2.05, 4.69) is 0 Å². The molecule has 0 spiro atoms. The zero-order valence-corrected chi connectivity index (χ0v) is 17.2. The van der Waals surface area contributed by atoms with Crippen LogP contribution in [0, 0.1) is 11.7 Å². The van der Waals surface area contributed by atoms with E-state index in [9.17, 15) is 14.0 Å². The van der Waals surface area contributed by atoms with Crippen LogP contribution in [0.5, 0.6) is 0 Å². The second-order valence-corrected chi connectivity index (χ2v) is 8.61. The van der Waals surface area contributed by atoms with Crippen LogP contribution in [0.3, 0.4) is 0 Å². The third-order valence-electron chi connectivity index (χ3n) is 5.11. The normalized spacial score (nSPS) is 22.6. The standard InChI is InChI=1S/C21H31FN2O3/c1-7-21(12-15-8-10-17(22)11-9-15)13-16(18(25)23(5)6)14-24(21)19(26)27-20(2,3)4/h8-11,16H,7,12-14H2,1-6H3/t16-,21+/m0/s1. The minimum absolute atomic E-state index is 0.0120. The van der Waals surface area contributed by atoms with Crippen molar-refractivity contribution in [2.45, 2.75) is 58.1 Å². The summed E-state index contributed by atoms with van der Waals surface area (Å²) in [5.41, 5.74) is -0.211. The van der Waals surface area contributed by atoms with E-state index in [0.29, 0.717) is 25.8 Å². The molecule has 2 rings (SSSR count). The summed E-state index contributed by atoms with van der Waals surface area (Å²) in [7, 11) is 3.46. The van der Waals surface area contributed by atoms with E-state index in [1.165, 1.54) is 12.1 Å². The summed E-state index contributed by atoms with van der Waals surface area (Å²) < 4.78 is 18.9. The van der Waals surface area contributed by atoms with Gasteiger partial charge in [-0.2, -0.15) is 0 Å². The van der Waals surface area contributed by atoms with Crippen molar-refractivity contribution in [2.75, 3.05) is 20.6 Å². The lowest BCUT2D eigenvalue weighted by molar-refractivity contribution is -0.132. The lowest BCUT2D eigenvalue weighted by atomic mass is 9.83. The highest BCUT2D eigenvalue weighted by Crippen LogP contribution is 2.40. The predicted molar refractivity (Wildman–Crippen MR) is 103 cm³/mol. The number of hydrogen-bond donors (Lipinski definition) is 0. The molecule has 1 heterocycles. The van der Waals surface area contributed by atoms with Crippen LogP contribution in [0.2, 0.25) is 0 Å². The molecule has 1 aliphatic rings. The number of rotatable bonds is 4. The molecule has 150 valence electrons. The maximum atomic E-state index is 13.3. The first-order valence-electron chi connectivity index (χ1n) is 9.43. The predicted octanol–water partition coefficient (Wildman–Crippen LogP) is 3.86. The Balaban J connectivity index is 2.36. The van der Waals surface area contributed by atoms with Gasteiger partial charge in [0.25, 0.3) is 0 Å². The van der Waals surface area contributed by atoms with E-state index in [4.69, 9.17) is 4.74 Å². The van der Waals surface area contributed by atoms with Gasteiger partial charge in [0, 0.05) is 20.6 Å². The van der Waals surface area contributed by atoms with Crippen LogP contribution in [0.25, 0.3) is 0 Å². The smallest absolute Gasteiger partial charge is 0.410 e. The summed E-state index contributed by atoms with van der Waals surface area (Å²) in [6, 6.07) is 6.32. The fourth-order valence-electron chi connectivity index (χ4n) is 3.77. The van der Waals surface area contributed by atoms with Crippen LogP contribution in [-0.4, -0.2) is 53.6 Å². The van der Waals surface area contributed by atoms with Gasteiger partial charge in [0.1, 0.15) is 11.4 Å². The maximum Gasteiger partial charge on any atom is 0.410 e. The lowest BCUT2D eigenvalue weighted by Gasteiger charge is -2.38. The largest absolute Gasteiger partial charge is 0.444 e. The van der Waals surface area contributed by atoms with E-state index >= 15 is 0 Å². The molecular weight excluding hydrogens is 347 g/mol. The highest BCUT2D eigenvalue weighted by molar-refractivity contribution is 5.81. The molecular formula is C21H31FN2O3. The zero-order valence-electron chi connectivity index (χ0n) is 17.2. The molecule has 0 aliphatic carbocycles. The Kier molecular flexibility index (Phi) is 6.17. The third-order valence-corrected chi connectivity index (χ3v) is 5.11. The molecule has 0 N–H and O–H groups in total. The van der Waals surface area contributed by atoms with E-state index in [1.807, 2.05) is 27.7 Å². The van der Waals surface area contributed by atoms with Gasteiger partial charge in [0.05, 0.1) is 11.5 Å². The first-order valence-corrected chi connectivity index (χ1v) is 9.43. The summed E-state index contributed by atoms with van der Waals surface area (Å²) in [6.45, 7) is 7.84. The van der Waals surface area contributed by atoms with Crippen LogP contribution < -0.4 is 0 Å². The van der Waals surface area contributed by atoms with Gasteiger partial charge in [-0.3, -0.25) is 4.79 Å². The van der Waals surface area contributed by atoms with Gasteiger partial charge in [-0.25, -0.2) is 9.18 Å². The Hall–Kier alpha value is -2.11. The highest BCUT2D eigenvalue weighted by Gasteiger charge is 2.50. The number of carbonyl (C=O) groups excluding carboxylic acids is 2. The van der Waals surface area contributed by atoms with Gasteiger partial charge in [-0.15, -0.1) is 0 Å². The fraction of sp³-hybridized carbons (Fsp3) is 0.619. The van der Waals surface area contributed by atoms with Gasteiger partial charge >= 0.3 is 6.09 Å². The van der Waals surface area contributed by atoms with Crippen molar-refractivity contribution in [3.63, 3.8) is 0 Å². The molecule has 0 aromatic heterocycles. The van der Waals surface area contributed by atoms with Crippen LogP contribution in [0.15, 0.2) is 24.3 Å². The average Bonchev–Trinajstić information content (AvgIpc) is 2.94. The van der Waals surface area contributed by atoms with Crippen LogP contribution in [0.1, 0.15) is 46.1 Å². The number of benzene rings is 1. The van der Waals surface area contributed by atoms with Crippen molar-refractivity contribution in [2.24, 2.45) is 5.92 Å². The second kappa shape index (κ2) is 7.87. The van der Waals surface area contributed by atoms with E-state index in [-0.39, 0.29) is 17.6 Å². The Morgan fingerprint density at radius 2 is 1.85 bits per heavy atom. The topological polar surface area (TPSA) is 49.9 Å². The van der Waals surface area contributed by atoms with Crippen LogP contribution in [-0.2, 0) is 16.0 Å². The molecule has 1 aromatic carbocycles. The summed E-state index contributed by atoms with van der Waals surface area (Å²) in [6.07, 6.45) is 1.40. The monoisotopic (exact) mass is 378 g/mol. The van der Waals surface area contributed by atoms with Crippen molar-refractivity contribution in [3.05, 3.63) is 35.6 Å². The van der Waals surface area contributed by atoms with Crippen LogP contribution in [0.4, 0.5) is 9.18 Å². The van der Waals surface area contributed by atoms with Gasteiger partial charge in [-0.05, 0) is 57.7 Å². The Morgan fingerprint density at radius 3 is 2.33 bits per heavy atom. The van der Waals surface area contributed by atoms with Crippen molar-refractivity contribution in [3.8, 4) is 0 Å². The molecule has 1 aromatic rings. The van der Waals surface area contributed by atoms with Crippen molar-refractivity contribution in [1.82, 2.24) is 9.80 Å². The molecule has 1 saturated heterocycles. The molecule has 0 unspecified atom stereocenters. The minimum Gasteiger partial charge on any atom is -0.444 e. The third kappa shape index (κ3) is 4.99. The average molecular weight is 378 g/mol. The number of likely N-dealkylation sites (tertiary alicyclic amines) is 1. The Bertz CT molecular complexity index is 682. The Morgan fingerprint density at radius 1 is 1.26 bits per heavy atom. The zero-order chi connectivity index (χ0) is 20.4. The van der Waals surface area contributed by atoms with Gasteiger partial charge < -0.3 is 14.5 Å². The Labute approximate surface area is 161 Å². The molecule has 6 heteroatoms. The molecule has 1 fully saturated rings. The fourth-order valence-corrected chi connectivity index (χ4v) is 3.77. The molecule has 0 bridgehead atoms. The van der Waals surface area contributed by atoms with Crippen molar-refractivity contribution >= 4 is 12.0 Å². The van der Waals surface area contributed by atoms with Gasteiger partial charge in [0.15, 0.2) is 0 Å². The summed E-state index contributed by atoms with van der Waals surface area (Å²) in [4.78, 5) is 28.8. The van der Waals surface area contributed by atoms with Crippen molar-refractivity contribution < 1.29 is 18.7 Å². The summed E-state index contributed by atoms with van der Waals surface area (Å²) in [5, 5.41) is 0. The van der Waals surface area contributed by atoms with Crippen LogP contribution >= 0.6 is 0 Å². The number of amides is 2. The summed E-state index contributed by atoms with van der Waals surface area (Å²) in [5.74, 6) is -0.550. The molecule has 2 atom stereocenters. The molecule has 5 nitrogen and oxygen atoms in total. The molecule has 1 aliphatic heterocycles. The number of ether oxygens (including phenoxy) is 1. The number of halogens is 1. The molecule has 0 radical (unpaired) electrons. The molecule has 2 amide bonds. The van der Waals surface area contributed by atoms with E-state index in [1.54, 1.807) is 36.0 Å². The quantitative estimate of drug-likeness (QED) is 0.799. The first-order chi connectivity index (χ1) is 12.5. The van der Waals surface area contributed by atoms with E-state index in [0.717, 1.165) is 5.56 Å².